The molecule has 1 N–H and O–H groups in total. The van der Waals surface area contributed by atoms with Crippen LogP contribution in [0.2, 0.25) is 0 Å². The minimum atomic E-state index is -0.787. The van der Waals surface area contributed by atoms with Gasteiger partial charge >= 0.3 is 0 Å². The van der Waals surface area contributed by atoms with E-state index in [0.29, 0.717) is 40.3 Å². The Morgan fingerprint density at radius 2 is 2.03 bits per heavy atom. The second-order valence-corrected chi connectivity index (χ2v) is 7.79. The van der Waals surface area contributed by atoms with Crippen molar-refractivity contribution >= 4 is 34.6 Å². The number of benzene rings is 2. The molecule has 32 heavy (non-hydrogen) atoms. The summed E-state index contributed by atoms with van der Waals surface area (Å²) in [5, 5.41) is 2.29. The minimum absolute atomic E-state index is 0.158. The molecule has 0 spiro atoms. The van der Waals surface area contributed by atoms with Crippen molar-refractivity contribution in [1.29, 1.82) is 0 Å². The summed E-state index contributed by atoms with van der Waals surface area (Å²) in [6.07, 6.45) is 0.631. The molecule has 1 unspecified atom stereocenters. The van der Waals surface area contributed by atoms with Crippen LogP contribution in [0.5, 0.6) is 5.75 Å². The fourth-order valence-corrected chi connectivity index (χ4v) is 4.21. The third-order valence-electron chi connectivity index (χ3n) is 5.72. The highest BCUT2D eigenvalue weighted by molar-refractivity contribution is 6.34. The predicted molar refractivity (Wildman–Crippen MR) is 119 cm³/mol. The largest absolute Gasteiger partial charge is 0.494 e. The van der Waals surface area contributed by atoms with Crippen LogP contribution in [0.4, 0.5) is 10.1 Å². The molecule has 3 amide bonds. The van der Waals surface area contributed by atoms with E-state index >= 15 is 0 Å². The van der Waals surface area contributed by atoms with E-state index in [-0.39, 0.29) is 36.6 Å². The first-order chi connectivity index (χ1) is 15.3. The summed E-state index contributed by atoms with van der Waals surface area (Å²) in [5.41, 5.74) is 3.11. The third kappa shape index (κ3) is 3.70. The number of fused-ring (bicyclic) bond motifs is 1. The van der Waals surface area contributed by atoms with Gasteiger partial charge in [0.25, 0.3) is 5.91 Å². The maximum Gasteiger partial charge on any atom is 0.259 e. The molecule has 2 heterocycles. The second-order valence-electron chi connectivity index (χ2n) is 7.79. The smallest absolute Gasteiger partial charge is 0.259 e. The molecule has 2 aliphatic rings. The first kappa shape index (κ1) is 21.5. The average Bonchev–Trinajstić information content (AvgIpc) is 3.01. The molecule has 0 saturated carbocycles. The van der Waals surface area contributed by atoms with Gasteiger partial charge in [-0.3, -0.25) is 24.6 Å². The Morgan fingerprint density at radius 3 is 2.72 bits per heavy atom. The molecule has 6 nitrogen and oxygen atoms in total. The van der Waals surface area contributed by atoms with Gasteiger partial charge in [0.2, 0.25) is 11.8 Å². The van der Waals surface area contributed by atoms with Crippen molar-refractivity contribution in [3.8, 4) is 5.75 Å². The van der Waals surface area contributed by atoms with Crippen molar-refractivity contribution in [2.24, 2.45) is 0 Å². The van der Waals surface area contributed by atoms with Gasteiger partial charge in [-0.25, -0.2) is 4.39 Å². The molecule has 4 rings (SSSR count). The Labute approximate surface area is 185 Å². The second kappa shape index (κ2) is 8.42. The van der Waals surface area contributed by atoms with Crippen molar-refractivity contribution in [1.82, 2.24) is 5.32 Å². The molecule has 164 valence electrons. The third-order valence-corrected chi connectivity index (χ3v) is 5.72. The fraction of sp³-hybridized carbons (Fsp3) is 0.240. The first-order valence-electron chi connectivity index (χ1n) is 10.4. The van der Waals surface area contributed by atoms with E-state index in [9.17, 15) is 18.8 Å². The number of nitrogens with one attached hydrogen (secondary N) is 1. The Kier molecular flexibility index (Phi) is 5.65. The molecule has 0 aromatic heterocycles. The highest BCUT2D eigenvalue weighted by atomic mass is 19.1. The number of amides is 3. The summed E-state index contributed by atoms with van der Waals surface area (Å²) in [5.74, 6) is -1.18. The number of hydrogen-bond acceptors (Lipinski definition) is 4. The first-order valence-corrected chi connectivity index (χ1v) is 10.4. The summed E-state index contributed by atoms with van der Waals surface area (Å²) in [7, 11) is 0. The predicted octanol–water partition coefficient (Wildman–Crippen LogP) is 3.65. The van der Waals surface area contributed by atoms with Crippen molar-refractivity contribution in [2.75, 3.05) is 11.5 Å². The Hall–Kier alpha value is -3.74. The lowest BCUT2D eigenvalue weighted by atomic mass is 9.92. The van der Waals surface area contributed by atoms with Gasteiger partial charge in [-0.2, -0.15) is 0 Å². The number of imide groups is 1. The molecule has 0 aliphatic carbocycles. The lowest BCUT2D eigenvalue weighted by Gasteiger charge is -2.30. The summed E-state index contributed by atoms with van der Waals surface area (Å²) >= 11 is 0. The van der Waals surface area contributed by atoms with Crippen LogP contribution in [-0.2, 0) is 20.8 Å². The maximum absolute atomic E-state index is 14.6. The highest BCUT2D eigenvalue weighted by Crippen LogP contribution is 2.42. The van der Waals surface area contributed by atoms with E-state index in [2.05, 4.69) is 18.5 Å². The molecule has 1 saturated heterocycles. The van der Waals surface area contributed by atoms with Gasteiger partial charge < -0.3 is 4.74 Å². The van der Waals surface area contributed by atoms with Crippen molar-refractivity contribution in [2.45, 2.75) is 32.2 Å². The molecule has 2 aromatic carbocycles. The van der Waals surface area contributed by atoms with Gasteiger partial charge in [-0.05, 0) is 42.2 Å². The Bertz CT molecular complexity index is 1170. The van der Waals surface area contributed by atoms with Crippen LogP contribution in [0, 0.1) is 5.82 Å². The van der Waals surface area contributed by atoms with Gasteiger partial charge in [0.15, 0.2) is 0 Å². The monoisotopic (exact) mass is 434 g/mol. The quantitative estimate of drug-likeness (QED) is 0.556. The number of rotatable bonds is 6. The molecule has 2 aromatic rings. The zero-order valence-electron chi connectivity index (χ0n) is 17.7. The zero-order chi connectivity index (χ0) is 23.0. The lowest BCUT2D eigenvalue weighted by molar-refractivity contribution is -0.135. The molecule has 1 atom stereocenters. The minimum Gasteiger partial charge on any atom is -0.494 e. The molecule has 0 radical (unpaired) electrons. The molecular weight excluding hydrogens is 411 g/mol. The topological polar surface area (TPSA) is 75.7 Å². The van der Waals surface area contributed by atoms with E-state index in [0.717, 1.165) is 0 Å². The van der Waals surface area contributed by atoms with Crippen LogP contribution in [0.1, 0.15) is 36.5 Å². The van der Waals surface area contributed by atoms with Crippen LogP contribution in [0.25, 0.3) is 11.1 Å². The van der Waals surface area contributed by atoms with Crippen molar-refractivity contribution in [3.05, 3.63) is 72.1 Å². The number of carbonyl (C=O) groups excluding carboxylic acids is 3. The highest BCUT2D eigenvalue weighted by Gasteiger charge is 2.42. The Morgan fingerprint density at radius 1 is 1.25 bits per heavy atom. The number of nitrogens with zero attached hydrogens (tertiary/aromatic N) is 1. The summed E-state index contributed by atoms with van der Waals surface area (Å²) in [6, 6.07) is 9.23. The Balaban J connectivity index is 1.65. The van der Waals surface area contributed by atoms with Crippen molar-refractivity contribution in [3.63, 3.8) is 0 Å². The van der Waals surface area contributed by atoms with Gasteiger partial charge in [0.1, 0.15) is 17.6 Å². The number of hydrogen-bond donors (Lipinski definition) is 1. The molecule has 7 heteroatoms. The normalized spacial score (nSPS) is 17.9. The molecule has 2 aliphatic heterocycles. The average molecular weight is 434 g/mol. The number of allylic oxidation sites excluding steroid dienone is 1. The van der Waals surface area contributed by atoms with Crippen LogP contribution >= 0.6 is 0 Å². The number of anilines is 1. The maximum atomic E-state index is 14.6. The summed E-state index contributed by atoms with van der Waals surface area (Å²) < 4.78 is 19.9. The van der Waals surface area contributed by atoms with Gasteiger partial charge in [0, 0.05) is 30.0 Å². The summed E-state index contributed by atoms with van der Waals surface area (Å²) in [4.78, 5) is 38.4. The number of ether oxygens (including phenoxy) is 1. The lowest BCUT2D eigenvalue weighted by Crippen LogP contribution is -2.53. The van der Waals surface area contributed by atoms with E-state index < -0.39 is 17.8 Å². The van der Waals surface area contributed by atoms with Gasteiger partial charge in [0.05, 0.1) is 12.3 Å². The van der Waals surface area contributed by atoms with E-state index in [1.165, 1.54) is 11.0 Å². The summed E-state index contributed by atoms with van der Waals surface area (Å²) in [6.45, 7) is 10.3. The van der Waals surface area contributed by atoms with E-state index in [1.807, 2.05) is 6.92 Å². The fourth-order valence-electron chi connectivity index (χ4n) is 4.21. The van der Waals surface area contributed by atoms with Crippen LogP contribution in [0.3, 0.4) is 0 Å². The van der Waals surface area contributed by atoms with E-state index in [4.69, 9.17) is 4.74 Å². The van der Waals surface area contributed by atoms with E-state index in [1.54, 1.807) is 30.3 Å². The number of piperidine rings is 1. The zero-order valence-corrected chi connectivity index (χ0v) is 17.7. The molecular formula is C25H23FN2O4. The van der Waals surface area contributed by atoms with Crippen LogP contribution in [0.15, 0.2) is 49.6 Å². The van der Waals surface area contributed by atoms with Crippen molar-refractivity contribution < 1.29 is 23.5 Å². The van der Waals surface area contributed by atoms with Crippen LogP contribution in [-0.4, -0.2) is 30.4 Å². The standard InChI is InChI=1S/C25H23FN2O4/c1-4-32-17-9-8-16(19(26)13-17)12-14(2)18-6-5-7-20-23(18)15(3)25(31)28(20)21-10-11-22(29)27-24(21)30/h5-9,13,21H,2-4,10-12H2,1H3,(H,27,29,30). The number of carbonyl (C=O) groups is 3. The number of halogens is 1. The van der Waals surface area contributed by atoms with Gasteiger partial charge in [-0.1, -0.05) is 31.4 Å². The van der Waals surface area contributed by atoms with Gasteiger partial charge in [-0.15, -0.1) is 0 Å². The molecule has 1 fully saturated rings. The molecule has 0 bridgehead atoms. The SMILES string of the molecule is C=C(Cc1ccc(OCC)cc1F)c1cccc2c1C(=C)C(=O)N2C1CCC(=O)NC1=O. The van der Waals surface area contributed by atoms with Crippen LogP contribution < -0.4 is 15.0 Å².